The maximum Gasteiger partial charge on any atom is 0.345 e. The molecule has 27 heavy (non-hydrogen) atoms. The van der Waals surface area contributed by atoms with Crippen molar-refractivity contribution in [3.63, 3.8) is 0 Å². The molecule has 0 amide bonds. The molecule has 0 spiro atoms. The minimum atomic E-state index is -3.60. The molecule has 0 aromatic rings. The Labute approximate surface area is 167 Å². The number of carbonyl (C=O) groups is 1. The van der Waals surface area contributed by atoms with E-state index in [0.29, 0.717) is 6.42 Å². The molecule has 0 N–H and O–H groups in total. The summed E-state index contributed by atoms with van der Waals surface area (Å²) >= 11 is 0. The van der Waals surface area contributed by atoms with Crippen LogP contribution in [0.5, 0.6) is 0 Å². The van der Waals surface area contributed by atoms with E-state index in [1.54, 1.807) is 41.5 Å². The molecule has 0 aliphatic rings. The van der Waals surface area contributed by atoms with Gasteiger partial charge >= 0.3 is 13.6 Å². The summed E-state index contributed by atoms with van der Waals surface area (Å²) in [5, 5.41) is 0. The standard InChI is InChI=1S/C21H43O5P/c1-8-9-10-11-12-13-14-15-16-20(21(22)24-17(2)3)27(23,25-18(4)5)26-19(6)7/h17-20H,8-16H2,1-7H3. The summed E-state index contributed by atoms with van der Waals surface area (Å²) in [6, 6.07) is 0. The zero-order chi connectivity index (χ0) is 20.9. The largest absolute Gasteiger partial charge is 0.462 e. The lowest BCUT2D eigenvalue weighted by Crippen LogP contribution is -2.29. The average Bonchev–Trinajstić information content (AvgIpc) is 2.50. The first-order valence-corrected chi connectivity index (χ1v) is 12.4. The van der Waals surface area contributed by atoms with Crippen LogP contribution in [0.4, 0.5) is 0 Å². The Bertz CT molecular complexity index is 420. The van der Waals surface area contributed by atoms with Gasteiger partial charge in [-0.3, -0.25) is 9.36 Å². The zero-order valence-electron chi connectivity index (χ0n) is 18.7. The summed E-state index contributed by atoms with van der Waals surface area (Å²) in [5.74, 6) is -0.474. The first-order chi connectivity index (χ1) is 12.6. The summed E-state index contributed by atoms with van der Waals surface area (Å²) in [5.41, 5.74) is -0.857. The predicted octanol–water partition coefficient (Wildman–Crippen LogP) is 6.88. The van der Waals surface area contributed by atoms with Crippen LogP contribution in [0.25, 0.3) is 0 Å². The fraction of sp³-hybridized carbons (Fsp3) is 0.952. The highest BCUT2D eigenvalue weighted by molar-refractivity contribution is 7.55. The fourth-order valence-electron chi connectivity index (χ4n) is 2.95. The number of hydrogen-bond acceptors (Lipinski definition) is 5. The van der Waals surface area contributed by atoms with Crippen molar-refractivity contribution in [2.24, 2.45) is 0 Å². The van der Waals surface area contributed by atoms with Gasteiger partial charge in [-0.1, -0.05) is 58.3 Å². The van der Waals surface area contributed by atoms with E-state index < -0.39 is 19.2 Å². The van der Waals surface area contributed by atoms with Crippen LogP contribution >= 0.6 is 7.60 Å². The van der Waals surface area contributed by atoms with Crippen LogP contribution in [0.1, 0.15) is 106 Å². The van der Waals surface area contributed by atoms with E-state index in [0.717, 1.165) is 19.3 Å². The minimum absolute atomic E-state index is 0.259. The summed E-state index contributed by atoms with van der Waals surface area (Å²) in [7, 11) is -3.60. The maximum absolute atomic E-state index is 13.5. The number of ether oxygens (including phenoxy) is 1. The zero-order valence-corrected chi connectivity index (χ0v) is 19.6. The Morgan fingerprint density at radius 1 is 0.741 bits per heavy atom. The minimum Gasteiger partial charge on any atom is -0.462 e. The van der Waals surface area contributed by atoms with Crippen molar-refractivity contribution in [1.29, 1.82) is 0 Å². The molecule has 0 aliphatic heterocycles. The molecule has 5 nitrogen and oxygen atoms in total. The van der Waals surface area contributed by atoms with Crippen molar-refractivity contribution < 1.29 is 23.1 Å². The first-order valence-electron chi connectivity index (χ1n) is 10.8. The van der Waals surface area contributed by atoms with Gasteiger partial charge in [0.25, 0.3) is 0 Å². The Kier molecular flexibility index (Phi) is 14.4. The van der Waals surface area contributed by atoms with Crippen molar-refractivity contribution in [1.82, 2.24) is 0 Å². The molecule has 6 heteroatoms. The van der Waals surface area contributed by atoms with E-state index in [-0.39, 0.29) is 18.3 Å². The Morgan fingerprint density at radius 3 is 1.59 bits per heavy atom. The van der Waals surface area contributed by atoms with Gasteiger partial charge in [-0.25, -0.2) is 0 Å². The highest BCUT2D eigenvalue weighted by atomic mass is 31.2. The van der Waals surface area contributed by atoms with E-state index in [1.807, 2.05) is 0 Å². The Balaban J connectivity index is 4.88. The van der Waals surface area contributed by atoms with Gasteiger partial charge in [0.15, 0.2) is 5.66 Å². The third-order valence-electron chi connectivity index (χ3n) is 4.05. The van der Waals surface area contributed by atoms with Crippen molar-refractivity contribution in [2.75, 3.05) is 0 Å². The van der Waals surface area contributed by atoms with Crippen LogP contribution in [-0.4, -0.2) is 29.9 Å². The second-order valence-corrected chi connectivity index (χ2v) is 10.2. The third-order valence-corrected chi connectivity index (χ3v) is 6.72. The van der Waals surface area contributed by atoms with Crippen molar-refractivity contribution in [2.45, 2.75) is 130 Å². The van der Waals surface area contributed by atoms with Gasteiger partial charge in [-0.2, -0.15) is 0 Å². The van der Waals surface area contributed by atoms with Gasteiger partial charge in [-0.15, -0.1) is 0 Å². The summed E-state index contributed by atoms with van der Waals surface area (Å²) < 4.78 is 30.2. The summed E-state index contributed by atoms with van der Waals surface area (Å²) in [4.78, 5) is 12.6. The Morgan fingerprint density at radius 2 is 1.19 bits per heavy atom. The first kappa shape index (κ1) is 26.6. The smallest absolute Gasteiger partial charge is 0.345 e. The fourth-order valence-corrected chi connectivity index (χ4v) is 5.28. The monoisotopic (exact) mass is 406 g/mol. The quantitative estimate of drug-likeness (QED) is 0.159. The van der Waals surface area contributed by atoms with Crippen LogP contribution < -0.4 is 0 Å². The van der Waals surface area contributed by atoms with Gasteiger partial charge in [0.2, 0.25) is 0 Å². The van der Waals surface area contributed by atoms with Crippen molar-refractivity contribution in [3.8, 4) is 0 Å². The SMILES string of the molecule is CCCCCCCCCCC(C(=O)OC(C)C)P(=O)(OC(C)C)OC(C)C. The summed E-state index contributed by atoms with van der Waals surface area (Å²) in [6.45, 7) is 13.0. The molecule has 0 rings (SSSR count). The molecule has 0 aliphatic carbocycles. The molecule has 0 aromatic heterocycles. The molecule has 1 unspecified atom stereocenters. The predicted molar refractivity (Wildman–Crippen MR) is 112 cm³/mol. The number of rotatable bonds is 16. The van der Waals surface area contributed by atoms with E-state index in [2.05, 4.69) is 6.92 Å². The number of hydrogen-bond donors (Lipinski definition) is 0. The van der Waals surface area contributed by atoms with Crippen LogP contribution in [0.3, 0.4) is 0 Å². The van der Waals surface area contributed by atoms with E-state index in [4.69, 9.17) is 13.8 Å². The lowest BCUT2D eigenvalue weighted by Gasteiger charge is -2.29. The van der Waals surface area contributed by atoms with Crippen LogP contribution in [0.2, 0.25) is 0 Å². The topological polar surface area (TPSA) is 61.8 Å². The van der Waals surface area contributed by atoms with Crippen LogP contribution in [0, 0.1) is 0 Å². The highest BCUT2D eigenvalue weighted by Crippen LogP contribution is 2.57. The van der Waals surface area contributed by atoms with Gasteiger partial charge < -0.3 is 13.8 Å². The average molecular weight is 407 g/mol. The van der Waals surface area contributed by atoms with Gasteiger partial charge in [0.05, 0.1) is 18.3 Å². The van der Waals surface area contributed by atoms with E-state index in [1.165, 1.54) is 32.1 Å². The van der Waals surface area contributed by atoms with Gasteiger partial charge in [0, 0.05) is 0 Å². The van der Waals surface area contributed by atoms with E-state index in [9.17, 15) is 9.36 Å². The second-order valence-electron chi connectivity index (χ2n) is 8.11. The molecule has 0 saturated carbocycles. The molecule has 0 bridgehead atoms. The van der Waals surface area contributed by atoms with Crippen LogP contribution in [-0.2, 0) is 23.1 Å². The molecule has 1 atom stereocenters. The second kappa shape index (κ2) is 14.6. The van der Waals surface area contributed by atoms with Gasteiger partial charge in [-0.05, 0) is 48.0 Å². The highest BCUT2D eigenvalue weighted by Gasteiger charge is 2.43. The molecule has 0 heterocycles. The lowest BCUT2D eigenvalue weighted by molar-refractivity contribution is -0.147. The maximum atomic E-state index is 13.5. The van der Waals surface area contributed by atoms with Crippen molar-refractivity contribution >= 4 is 13.6 Å². The molecule has 0 aromatic carbocycles. The third kappa shape index (κ3) is 12.6. The van der Waals surface area contributed by atoms with E-state index >= 15 is 0 Å². The molecular formula is C21H43O5P. The molecule has 0 fully saturated rings. The number of esters is 1. The number of carbonyl (C=O) groups excluding carboxylic acids is 1. The van der Waals surface area contributed by atoms with Gasteiger partial charge in [0.1, 0.15) is 0 Å². The molecular weight excluding hydrogens is 363 g/mol. The summed E-state index contributed by atoms with van der Waals surface area (Å²) in [6.07, 6.45) is 8.91. The van der Waals surface area contributed by atoms with Crippen molar-refractivity contribution in [3.05, 3.63) is 0 Å². The Hall–Kier alpha value is -0.380. The molecule has 0 radical (unpaired) electrons. The van der Waals surface area contributed by atoms with Crippen LogP contribution in [0.15, 0.2) is 0 Å². The number of unbranched alkanes of at least 4 members (excludes halogenated alkanes) is 7. The molecule has 162 valence electrons. The lowest BCUT2D eigenvalue weighted by atomic mass is 10.1. The molecule has 0 saturated heterocycles. The normalized spacial score (nSPS) is 13.6.